The third-order valence-corrected chi connectivity index (χ3v) is 17.1. The maximum Gasteiger partial charge on any atom is 0.305 e. The van der Waals surface area contributed by atoms with Crippen molar-refractivity contribution in [3.05, 3.63) is 0 Å². The standard InChI is InChI=1S/C71H140O5/c1-5-9-12-15-18-21-24-27-30-33-36-39-42-45-48-51-54-57-60-63-69(72)75-67-71(8-4,66-74-65-62-59-56-53-50-47-44-41-38-35-32-29-26-23-20-17-14-11-7-3)68-76-70(73)64-61-58-55-52-49-46-43-40-37-34-31-28-25-22-19-16-13-10-6-2/h5-68H2,1-4H3. The van der Waals surface area contributed by atoms with Crippen molar-refractivity contribution in [1.29, 1.82) is 0 Å². The van der Waals surface area contributed by atoms with Crippen molar-refractivity contribution in [3.8, 4) is 0 Å². The fraction of sp³-hybridized carbons (Fsp3) is 0.972. The summed E-state index contributed by atoms with van der Waals surface area (Å²) < 4.78 is 18.2. The van der Waals surface area contributed by atoms with E-state index in [1.165, 1.54) is 334 Å². The van der Waals surface area contributed by atoms with Gasteiger partial charge in [0.25, 0.3) is 0 Å². The Hall–Kier alpha value is -1.10. The molecule has 0 N–H and O–H groups in total. The Morgan fingerprint density at radius 3 is 0.618 bits per heavy atom. The second-order valence-corrected chi connectivity index (χ2v) is 24.8. The Morgan fingerprint density at radius 1 is 0.237 bits per heavy atom. The number of rotatable bonds is 67. The lowest BCUT2D eigenvalue weighted by atomic mass is 9.88. The summed E-state index contributed by atoms with van der Waals surface area (Å²) >= 11 is 0. The topological polar surface area (TPSA) is 61.8 Å². The highest BCUT2D eigenvalue weighted by Crippen LogP contribution is 2.26. The Bertz CT molecular complexity index is 1050. The largest absolute Gasteiger partial charge is 0.465 e. The van der Waals surface area contributed by atoms with Crippen LogP contribution in [0.4, 0.5) is 0 Å². The summed E-state index contributed by atoms with van der Waals surface area (Å²) in [5.41, 5.74) is -0.500. The van der Waals surface area contributed by atoms with Crippen LogP contribution in [0.1, 0.15) is 413 Å². The van der Waals surface area contributed by atoms with Gasteiger partial charge in [-0.1, -0.05) is 374 Å². The molecule has 0 fully saturated rings. The molecule has 0 aliphatic carbocycles. The molecule has 5 heteroatoms. The Morgan fingerprint density at radius 2 is 0.421 bits per heavy atom. The SMILES string of the molecule is CCCCCCCCCCCCCCCCCCCCCOCC(CC)(COC(=O)CCCCCCCCCCCCCCCCCCCCC)COC(=O)CCCCCCCCCCCCCCCCCCCCC. The van der Waals surface area contributed by atoms with Gasteiger partial charge in [0.1, 0.15) is 13.2 Å². The van der Waals surface area contributed by atoms with Crippen molar-refractivity contribution in [1.82, 2.24) is 0 Å². The molecule has 0 amide bonds. The van der Waals surface area contributed by atoms with Crippen LogP contribution in [-0.2, 0) is 23.8 Å². The number of unbranched alkanes of at least 4 members (excludes halogenated alkanes) is 54. The van der Waals surface area contributed by atoms with E-state index in [9.17, 15) is 9.59 Å². The maximum atomic E-state index is 13.0. The van der Waals surface area contributed by atoms with Gasteiger partial charge >= 0.3 is 11.9 Å². The first-order valence-corrected chi connectivity index (χ1v) is 35.4. The number of esters is 2. The van der Waals surface area contributed by atoms with Gasteiger partial charge in [-0.15, -0.1) is 0 Å². The van der Waals surface area contributed by atoms with Gasteiger partial charge < -0.3 is 14.2 Å². The second kappa shape index (κ2) is 64.7. The van der Waals surface area contributed by atoms with E-state index in [4.69, 9.17) is 14.2 Å². The Labute approximate surface area is 478 Å². The molecule has 0 radical (unpaired) electrons. The van der Waals surface area contributed by atoms with Crippen molar-refractivity contribution in [2.75, 3.05) is 26.4 Å². The van der Waals surface area contributed by atoms with E-state index >= 15 is 0 Å². The summed E-state index contributed by atoms with van der Waals surface area (Å²) in [6.07, 6.45) is 78.9. The van der Waals surface area contributed by atoms with Crippen molar-refractivity contribution >= 4 is 11.9 Å². The predicted molar refractivity (Wildman–Crippen MR) is 335 cm³/mol. The van der Waals surface area contributed by atoms with Gasteiger partial charge in [0.05, 0.1) is 12.0 Å². The van der Waals surface area contributed by atoms with Gasteiger partial charge in [-0.05, 0) is 25.7 Å². The smallest absolute Gasteiger partial charge is 0.305 e. The highest BCUT2D eigenvalue weighted by atomic mass is 16.6. The first kappa shape index (κ1) is 74.9. The van der Waals surface area contributed by atoms with Gasteiger partial charge in [0.2, 0.25) is 0 Å². The van der Waals surface area contributed by atoms with E-state index in [0.29, 0.717) is 26.1 Å². The zero-order chi connectivity index (χ0) is 55.0. The van der Waals surface area contributed by atoms with Crippen LogP contribution in [0.2, 0.25) is 0 Å². The van der Waals surface area contributed by atoms with Crippen LogP contribution in [0.25, 0.3) is 0 Å². The summed E-state index contributed by atoms with van der Waals surface area (Å²) in [5.74, 6) is -0.243. The lowest BCUT2D eigenvalue weighted by Gasteiger charge is -2.31. The van der Waals surface area contributed by atoms with E-state index in [-0.39, 0.29) is 25.2 Å². The highest BCUT2D eigenvalue weighted by Gasteiger charge is 2.33. The summed E-state index contributed by atoms with van der Waals surface area (Å²) in [4.78, 5) is 26.0. The molecule has 5 nitrogen and oxygen atoms in total. The van der Waals surface area contributed by atoms with Crippen LogP contribution >= 0.6 is 0 Å². The first-order chi connectivity index (χ1) is 37.5. The predicted octanol–water partition coefficient (Wildman–Crippen LogP) is 24.6. The number of hydrogen-bond donors (Lipinski definition) is 0. The molecular weight excluding hydrogens is 933 g/mol. The van der Waals surface area contributed by atoms with Gasteiger partial charge in [0.15, 0.2) is 0 Å². The summed E-state index contributed by atoms with van der Waals surface area (Å²) in [6, 6.07) is 0. The average molecular weight is 1070 g/mol. The molecule has 76 heavy (non-hydrogen) atoms. The van der Waals surface area contributed by atoms with E-state index in [1.54, 1.807) is 0 Å². The highest BCUT2D eigenvalue weighted by molar-refractivity contribution is 5.69. The van der Waals surface area contributed by atoms with Crippen LogP contribution in [0, 0.1) is 5.41 Å². The number of ether oxygens (including phenoxy) is 3. The molecule has 454 valence electrons. The van der Waals surface area contributed by atoms with Gasteiger partial charge in [-0.3, -0.25) is 9.59 Å². The first-order valence-electron chi connectivity index (χ1n) is 35.4. The molecule has 0 rings (SSSR count). The number of carbonyl (C=O) groups excluding carboxylic acids is 2. The molecule has 0 spiro atoms. The molecule has 0 heterocycles. The molecule has 0 unspecified atom stereocenters. The van der Waals surface area contributed by atoms with E-state index in [0.717, 1.165) is 38.5 Å². The van der Waals surface area contributed by atoms with E-state index < -0.39 is 5.41 Å². The lowest BCUT2D eigenvalue weighted by Crippen LogP contribution is -2.38. The molecule has 0 aliphatic heterocycles. The molecular formula is C71H140O5. The number of hydrogen-bond acceptors (Lipinski definition) is 5. The van der Waals surface area contributed by atoms with Crippen molar-refractivity contribution in [2.45, 2.75) is 413 Å². The summed E-state index contributed by atoms with van der Waals surface area (Å²) in [7, 11) is 0. The summed E-state index contributed by atoms with van der Waals surface area (Å²) in [6.45, 7) is 10.7. The van der Waals surface area contributed by atoms with E-state index in [1.807, 2.05) is 0 Å². The van der Waals surface area contributed by atoms with E-state index in [2.05, 4.69) is 27.7 Å². The van der Waals surface area contributed by atoms with Crippen molar-refractivity contribution in [3.63, 3.8) is 0 Å². The molecule has 0 aromatic heterocycles. The van der Waals surface area contributed by atoms with Crippen LogP contribution < -0.4 is 0 Å². The lowest BCUT2D eigenvalue weighted by molar-refractivity contribution is -0.158. The van der Waals surface area contributed by atoms with Crippen LogP contribution in [-0.4, -0.2) is 38.4 Å². The monoisotopic (exact) mass is 1070 g/mol. The zero-order valence-corrected chi connectivity index (χ0v) is 52.8. The quantitative estimate of drug-likeness (QED) is 0.0449. The maximum absolute atomic E-state index is 13.0. The molecule has 0 aromatic rings. The fourth-order valence-electron chi connectivity index (χ4n) is 11.3. The second-order valence-electron chi connectivity index (χ2n) is 24.8. The minimum atomic E-state index is -0.500. The summed E-state index contributed by atoms with van der Waals surface area (Å²) in [5, 5.41) is 0. The molecule has 0 aliphatic rings. The third kappa shape index (κ3) is 59.0. The normalized spacial score (nSPS) is 11.8. The van der Waals surface area contributed by atoms with Crippen LogP contribution in [0.5, 0.6) is 0 Å². The molecule has 0 saturated heterocycles. The number of carbonyl (C=O) groups is 2. The van der Waals surface area contributed by atoms with Gasteiger partial charge in [-0.2, -0.15) is 0 Å². The molecule has 0 aromatic carbocycles. The van der Waals surface area contributed by atoms with Crippen molar-refractivity contribution < 1.29 is 23.8 Å². The minimum absolute atomic E-state index is 0.121. The molecule has 0 bridgehead atoms. The van der Waals surface area contributed by atoms with Crippen LogP contribution in [0.15, 0.2) is 0 Å². The molecule has 0 atom stereocenters. The van der Waals surface area contributed by atoms with Gasteiger partial charge in [-0.25, -0.2) is 0 Å². The Kier molecular flexibility index (Phi) is 63.8. The van der Waals surface area contributed by atoms with Crippen molar-refractivity contribution in [2.24, 2.45) is 5.41 Å². The van der Waals surface area contributed by atoms with Crippen LogP contribution in [0.3, 0.4) is 0 Å². The Balaban J connectivity index is 4.37. The molecule has 0 saturated carbocycles. The van der Waals surface area contributed by atoms with Gasteiger partial charge in [0, 0.05) is 19.4 Å². The fourth-order valence-corrected chi connectivity index (χ4v) is 11.3. The zero-order valence-electron chi connectivity index (χ0n) is 52.8. The minimum Gasteiger partial charge on any atom is -0.465 e. The third-order valence-electron chi connectivity index (χ3n) is 17.1. The average Bonchev–Trinajstić information content (AvgIpc) is 3.43.